The molecular weight excluding hydrogens is 262 g/mol. The molecule has 0 atom stereocenters. The maximum Gasteiger partial charge on any atom is 0.178 e. The zero-order valence-corrected chi connectivity index (χ0v) is 12.0. The molecule has 2 rings (SSSR count). The maximum atomic E-state index is 11.7. The number of hydrogen-bond donors (Lipinski definition) is 2. The van der Waals surface area contributed by atoms with E-state index in [1.807, 2.05) is 0 Å². The van der Waals surface area contributed by atoms with Crippen LogP contribution in [0.15, 0.2) is 29.2 Å². The molecule has 0 spiro atoms. The number of nitrogens with one attached hydrogen (secondary N) is 1. The molecule has 1 fully saturated rings. The predicted octanol–water partition coefficient (Wildman–Crippen LogP) is 2.05. The van der Waals surface area contributed by atoms with E-state index in [-0.39, 0.29) is 17.8 Å². The van der Waals surface area contributed by atoms with Gasteiger partial charge >= 0.3 is 0 Å². The lowest BCUT2D eigenvalue weighted by Crippen LogP contribution is -2.39. The van der Waals surface area contributed by atoms with E-state index < -0.39 is 9.84 Å². The number of sulfone groups is 1. The molecule has 1 aliphatic carbocycles. The van der Waals surface area contributed by atoms with Crippen LogP contribution in [0.1, 0.15) is 26.2 Å². The highest BCUT2D eigenvalue weighted by molar-refractivity contribution is 7.91. The predicted molar refractivity (Wildman–Crippen MR) is 76.0 cm³/mol. The average molecular weight is 283 g/mol. The first-order valence-corrected chi connectivity index (χ1v) is 8.34. The van der Waals surface area contributed by atoms with E-state index in [1.54, 1.807) is 31.2 Å². The Labute approximate surface area is 114 Å². The molecule has 19 heavy (non-hydrogen) atoms. The molecule has 0 unspecified atom stereocenters. The normalized spacial score (nSPS) is 17.8. The molecule has 0 bridgehead atoms. The molecule has 1 aromatic rings. The summed E-state index contributed by atoms with van der Waals surface area (Å²) >= 11 is 0. The van der Waals surface area contributed by atoms with Crippen LogP contribution >= 0.6 is 0 Å². The van der Waals surface area contributed by atoms with Crippen molar-refractivity contribution in [2.75, 3.05) is 24.2 Å². The van der Waals surface area contributed by atoms with E-state index in [1.165, 1.54) is 6.42 Å². The second-order valence-corrected chi connectivity index (χ2v) is 7.57. The molecule has 106 valence electrons. The summed E-state index contributed by atoms with van der Waals surface area (Å²) in [4.78, 5) is 0.362. The van der Waals surface area contributed by atoms with Gasteiger partial charge in [-0.25, -0.2) is 8.42 Å². The molecule has 4 nitrogen and oxygen atoms in total. The van der Waals surface area contributed by atoms with Crippen LogP contribution in [0.3, 0.4) is 0 Å². The second-order valence-electron chi connectivity index (χ2n) is 5.29. The van der Waals surface area contributed by atoms with Crippen LogP contribution in [-0.2, 0) is 9.84 Å². The van der Waals surface area contributed by atoms with Crippen molar-refractivity contribution in [3.8, 4) is 0 Å². The average Bonchev–Trinajstić information content (AvgIpc) is 2.38. The maximum absolute atomic E-state index is 11.7. The van der Waals surface area contributed by atoms with Gasteiger partial charge in [-0.3, -0.25) is 0 Å². The highest BCUT2D eigenvalue weighted by atomic mass is 32.2. The minimum absolute atomic E-state index is 0.0220. The van der Waals surface area contributed by atoms with Crippen molar-refractivity contribution in [3.63, 3.8) is 0 Å². The second kappa shape index (κ2) is 5.51. The molecule has 0 saturated heterocycles. The van der Waals surface area contributed by atoms with Crippen molar-refractivity contribution in [1.29, 1.82) is 0 Å². The van der Waals surface area contributed by atoms with Gasteiger partial charge in [-0.2, -0.15) is 0 Å². The Morgan fingerprint density at radius 1 is 1.26 bits per heavy atom. The van der Waals surface area contributed by atoms with Gasteiger partial charge in [0.1, 0.15) is 0 Å². The topological polar surface area (TPSA) is 66.4 Å². The van der Waals surface area contributed by atoms with Crippen molar-refractivity contribution in [3.05, 3.63) is 24.3 Å². The first-order valence-electron chi connectivity index (χ1n) is 6.69. The van der Waals surface area contributed by atoms with Gasteiger partial charge in [-0.15, -0.1) is 0 Å². The molecule has 1 saturated carbocycles. The monoisotopic (exact) mass is 283 g/mol. The fourth-order valence-electron chi connectivity index (χ4n) is 2.30. The Kier molecular flexibility index (Phi) is 4.16. The molecule has 1 aromatic carbocycles. The number of hydrogen-bond acceptors (Lipinski definition) is 4. The minimum atomic E-state index is -3.12. The van der Waals surface area contributed by atoms with Gasteiger partial charge < -0.3 is 10.4 Å². The molecule has 2 N–H and O–H groups in total. The molecular formula is C14H21NO3S. The van der Waals surface area contributed by atoms with Crippen molar-refractivity contribution in [2.45, 2.75) is 31.1 Å². The first kappa shape index (κ1) is 14.3. The van der Waals surface area contributed by atoms with Gasteiger partial charge in [0.2, 0.25) is 0 Å². The van der Waals surface area contributed by atoms with Crippen LogP contribution in [0, 0.1) is 5.41 Å². The Morgan fingerprint density at radius 2 is 1.89 bits per heavy atom. The fraction of sp³-hybridized carbons (Fsp3) is 0.571. The van der Waals surface area contributed by atoms with E-state index in [0.717, 1.165) is 25.1 Å². The lowest BCUT2D eigenvalue weighted by atomic mass is 9.69. The Bertz CT molecular complexity index is 513. The Morgan fingerprint density at radius 3 is 2.32 bits per heavy atom. The first-order chi connectivity index (χ1) is 9.01. The van der Waals surface area contributed by atoms with Gasteiger partial charge in [0, 0.05) is 17.6 Å². The lowest BCUT2D eigenvalue weighted by molar-refractivity contribution is 0.0576. The lowest BCUT2D eigenvalue weighted by Gasteiger charge is -2.40. The van der Waals surface area contributed by atoms with E-state index in [0.29, 0.717) is 4.90 Å². The minimum Gasteiger partial charge on any atom is -0.396 e. The summed E-state index contributed by atoms with van der Waals surface area (Å²) in [6.07, 6.45) is 3.29. The van der Waals surface area contributed by atoms with Crippen LogP contribution in [0.5, 0.6) is 0 Å². The van der Waals surface area contributed by atoms with Gasteiger partial charge in [-0.05, 0) is 37.1 Å². The van der Waals surface area contributed by atoms with Crippen LogP contribution in [0.4, 0.5) is 5.69 Å². The summed E-state index contributed by atoms with van der Waals surface area (Å²) < 4.78 is 23.4. The molecule has 5 heteroatoms. The van der Waals surface area contributed by atoms with Crippen molar-refractivity contribution >= 4 is 15.5 Å². The van der Waals surface area contributed by atoms with Gasteiger partial charge in [0.05, 0.1) is 17.3 Å². The molecule has 0 heterocycles. The van der Waals surface area contributed by atoms with Gasteiger partial charge in [0.15, 0.2) is 9.84 Å². The van der Waals surface area contributed by atoms with Crippen molar-refractivity contribution in [2.24, 2.45) is 5.41 Å². The number of benzene rings is 1. The molecule has 1 aliphatic rings. The Hall–Kier alpha value is -1.07. The smallest absolute Gasteiger partial charge is 0.178 e. The van der Waals surface area contributed by atoms with E-state index >= 15 is 0 Å². The van der Waals surface area contributed by atoms with E-state index in [9.17, 15) is 13.5 Å². The quantitative estimate of drug-likeness (QED) is 0.838. The van der Waals surface area contributed by atoms with Gasteiger partial charge in [0.25, 0.3) is 0 Å². The number of rotatable bonds is 6. The highest BCUT2D eigenvalue weighted by Gasteiger charge is 2.35. The number of anilines is 1. The van der Waals surface area contributed by atoms with Crippen LogP contribution < -0.4 is 5.32 Å². The zero-order chi connectivity index (χ0) is 13.9. The van der Waals surface area contributed by atoms with E-state index in [2.05, 4.69) is 5.32 Å². The molecule has 0 radical (unpaired) electrons. The van der Waals surface area contributed by atoms with Crippen LogP contribution in [-0.4, -0.2) is 32.4 Å². The number of aliphatic hydroxyl groups excluding tert-OH is 1. The van der Waals surface area contributed by atoms with Crippen LogP contribution in [0.25, 0.3) is 0 Å². The summed E-state index contributed by atoms with van der Waals surface area (Å²) in [7, 11) is -3.12. The van der Waals surface area contributed by atoms with Crippen molar-refractivity contribution in [1.82, 2.24) is 0 Å². The van der Waals surface area contributed by atoms with Gasteiger partial charge in [-0.1, -0.05) is 13.3 Å². The summed E-state index contributed by atoms with van der Waals surface area (Å²) in [6, 6.07) is 6.83. The SMILES string of the molecule is CCS(=O)(=O)c1ccc(NCC2(CO)CCC2)cc1. The number of aliphatic hydroxyl groups is 1. The highest BCUT2D eigenvalue weighted by Crippen LogP contribution is 2.40. The molecule has 0 aromatic heterocycles. The largest absolute Gasteiger partial charge is 0.396 e. The summed E-state index contributed by atoms with van der Waals surface area (Å²) in [5, 5.41) is 12.7. The van der Waals surface area contributed by atoms with Crippen molar-refractivity contribution < 1.29 is 13.5 Å². The third-order valence-electron chi connectivity index (χ3n) is 4.01. The Balaban J connectivity index is 1.99. The molecule has 0 amide bonds. The summed E-state index contributed by atoms with van der Waals surface area (Å²) in [5.74, 6) is 0.118. The summed E-state index contributed by atoms with van der Waals surface area (Å²) in [5.41, 5.74) is 0.920. The zero-order valence-electron chi connectivity index (χ0n) is 11.2. The molecule has 0 aliphatic heterocycles. The fourth-order valence-corrected chi connectivity index (χ4v) is 3.19. The standard InChI is InChI=1S/C14H21NO3S/c1-2-19(17,18)13-6-4-12(5-7-13)15-10-14(11-16)8-3-9-14/h4-7,15-16H,2-3,8-11H2,1H3. The third-order valence-corrected chi connectivity index (χ3v) is 5.76. The van der Waals surface area contributed by atoms with Crippen LogP contribution in [0.2, 0.25) is 0 Å². The third kappa shape index (κ3) is 3.09. The van der Waals surface area contributed by atoms with E-state index in [4.69, 9.17) is 0 Å². The summed E-state index contributed by atoms with van der Waals surface area (Å²) in [6.45, 7) is 2.59.